The van der Waals surface area contributed by atoms with Gasteiger partial charge in [-0.2, -0.15) is 17.0 Å². The number of piperidine rings is 1. The number of rotatable bonds is 4. The average Bonchev–Trinajstić information content (AvgIpc) is 2.93. The van der Waals surface area contributed by atoms with Crippen molar-refractivity contribution in [3.8, 4) is 0 Å². The first-order valence-electron chi connectivity index (χ1n) is 8.35. The molecule has 130 valence electrons. The molecular formula is C15H26N4O3S. The zero-order valence-corrected chi connectivity index (χ0v) is 14.8. The SMILES string of the molecule is Cc1cc(CN2CCN(S(=O)(=O)N3CCC[C@H](C)C3)CC2)on1. The maximum atomic E-state index is 12.8. The van der Waals surface area contributed by atoms with Crippen LogP contribution in [-0.2, 0) is 16.8 Å². The fraction of sp³-hybridized carbons (Fsp3) is 0.800. The van der Waals surface area contributed by atoms with Gasteiger partial charge in [-0.15, -0.1) is 0 Å². The van der Waals surface area contributed by atoms with Crippen LogP contribution in [0.2, 0.25) is 0 Å². The molecule has 7 nitrogen and oxygen atoms in total. The van der Waals surface area contributed by atoms with Crippen LogP contribution in [0.4, 0.5) is 0 Å². The van der Waals surface area contributed by atoms with Crippen LogP contribution in [0.3, 0.4) is 0 Å². The van der Waals surface area contributed by atoms with Crippen LogP contribution in [0.25, 0.3) is 0 Å². The minimum atomic E-state index is -3.31. The molecule has 2 aliphatic heterocycles. The summed E-state index contributed by atoms with van der Waals surface area (Å²) in [6.45, 7) is 8.56. The molecule has 0 aromatic carbocycles. The summed E-state index contributed by atoms with van der Waals surface area (Å²) in [4.78, 5) is 2.21. The molecule has 0 N–H and O–H groups in total. The van der Waals surface area contributed by atoms with E-state index in [9.17, 15) is 8.42 Å². The van der Waals surface area contributed by atoms with Gasteiger partial charge in [0.15, 0.2) is 5.76 Å². The molecule has 23 heavy (non-hydrogen) atoms. The van der Waals surface area contributed by atoms with Gasteiger partial charge in [-0.3, -0.25) is 4.90 Å². The number of aromatic nitrogens is 1. The summed E-state index contributed by atoms with van der Waals surface area (Å²) in [5.41, 5.74) is 0.875. The highest BCUT2D eigenvalue weighted by Crippen LogP contribution is 2.21. The Kier molecular flexibility index (Phi) is 5.05. The van der Waals surface area contributed by atoms with E-state index < -0.39 is 10.2 Å². The molecule has 3 heterocycles. The van der Waals surface area contributed by atoms with Gasteiger partial charge in [0.05, 0.1) is 12.2 Å². The zero-order chi connectivity index (χ0) is 16.4. The lowest BCUT2D eigenvalue weighted by Gasteiger charge is -2.38. The van der Waals surface area contributed by atoms with Gasteiger partial charge in [-0.25, -0.2) is 0 Å². The fourth-order valence-electron chi connectivity index (χ4n) is 3.35. The van der Waals surface area contributed by atoms with Crippen LogP contribution < -0.4 is 0 Å². The lowest BCUT2D eigenvalue weighted by molar-refractivity contribution is 0.157. The number of hydrogen-bond donors (Lipinski definition) is 0. The molecule has 0 aliphatic carbocycles. The summed E-state index contributed by atoms with van der Waals surface area (Å²) < 4.78 is 34.1. The second-order valence-corrected chi connectivity index (χ2v) is 8.65. The van der Waals surface area contributed by atoms with E-state index in [1.54, 1.807) is 8.61 Å². The van der Waals surface area contributed by atoms with Gasteiger partial charge in [-0.05, 0) is 25.7 Å². The van der Waals surface area contributed by atoms with Crippen LogP contribution in [0.15, 0.2) is 10.6 Å². The standard InChI is InChI=1S/C15H26N4O3S/c1-13-4-3-5-19(11-13)23(20,21)18-8-6-17(7-9-18)12-15-10-14(2)16-22-15/h10,13H,3-9,11-12H2,1-2H3/t13-/m0/s1. The summed E-state index contributed by atoms with van der Waals surface area (Å²) in [5.74, 6) is 1.29. The van der Waals surface area contributed by atoms with Gasteiger partial charge in [-0.1, -0.05) is 12.1 Å². The number of aryl methyl sites for hydroxylation is 1. The molecule has 1 atom stereocenters. The summed E-state index contributed by atoms with van der Waals surface area (Å²) >= 11 is 0. The molecule has 0 unspecified atom stereocenters. The van der Waals surface area contributed by atoms with E-state index in [4.69, 9.17) is 4.52 Å². The van der Waals surface area contributed by atoms with Crippen molar-refractivity contribution >= 4 is 10.2 Å². The number of nitrogens with zero attached hydrogens (tertiary/aromatic N) is 4. The summed E-state index contributed by atoms with van der Waals surface area (Å²) in [7, 11) is -3.31. The second-order valence-electron chi connectivity index (χ2n) is 6.72. The Hall–Kier alpha value is -0.960. The molecular weight excluding hydrogens is 316 g/mol. The smallest absolute Gasteiger partial charge is 0.282 e. The first-order valence-corrected chi connectivity index (χ1v) is 9.74. The summed E-state index contributed by atoms with van der Waals surface area (Å²) in [6, 6.07) is 1.93. The second kappa shape index (κ2) is 6.88. The third-order valence-electron chi connectivity index (χ3n) is 4.66. The molecule has 0 saturated carbocycles. The minimum absolute atomic E-state index is 0.453. The van der Waals surface area contributed by atoms with Gasteiger partial charge < -0.3 is 4.52 Å². The molecule has 3 rings (SSSR count). The summed E-state index contributed by atoms with van der Waals surface area (Å²) in [5, 5.41) is 3.89. The molecule has 0 spiro atoms. The van der Waals surface area contributed by atoms with E-state index in [0.29, 0.717) is 38.6 Å². The van der Waals surface area contributed by atoms with E-state index in [2.05, 4.69) is 17.0 Å². The predicted octanol–water partition coefficient (Wildman–Crippen LogP) is 1.08. The van der Waals surface area contributed by atoms with Crippen LogP contribution >= 0.6 is 0 Å². The Morgan fingerprint density at radius 2 is 1.96 bits per heavy atom. The Bertz CT molecular complexity index is 622. The van der Waals surface area contributed by atoms with Crippen molar-refractivity contribution in [2.45, 2.75) is 33.2 Å². The molecule has 2 aliphatic rings. The van der Waals surface area contributed by atoms with Gasteiger partial charge >= 0.3 is 0 Å². The van der Waals surface area contributed by atoms with Crippen molar-refractivity contribution in [2.24, 2.45) is 5.92 Å². The van der Waals surface area contributed by atoms with E-state index in [1.807, 2.05) is 13.0 Å². The van der Waals surface area contributed by atoms with Crippen molar-refractivity contribution < 1.29 is 12.9 Å². The maximum absolute atomic E-state index is 12.8. The minimum Gasteiger partial charge on any atom is -0.360 e. The lowest BCUT2D eigenvalue weighted by atomic mass is 10.0. The molecule has 2 saturated heterocycles. The van der Waals surface area contributed by atoms with Crippen molar-refractivity contribution in [1.29, 1.82) is 0 Å². The van der Waals surface area contributed by atoms with Gasteiger partial charge in [0.25, 0.3) is 10.2 Å². The average molecular weight is 342 g/mol. The van der Waals surface area contributed by atoms with Crippen molar-refractivity contribution in [2.75, 3.05) is 39.3 Å². The normalized spacial score (nSPS) is 25.7. The Morgan fingerprint density at radius 3 is 2.57 bits per heavy atom. The molecule has 0 bridgehead atoms. The third-order valence-corrected chi connectivity index (χ3v) is 6.66. The Balaban J connectivity index is 1.55. The fourth-order valence-corrected chi connectivity index (χ4v) is 5.10. The quantitative estimate of drug-likeness (QED) is 0.819. The number of piperazine rings is 1. The van der Waals surface area contributed by atoms with Crippen molar-refractivity contribution in [3.05, 3.63) is 17.5 Å². The molecule has 0 amide bonds. The monoisotopic (exact) mass is 342 g/mol. The van der Waals surface area contributed by atoms with E-state index >= 15 is 0 Å². The number of hydrogen-bond acceptors (Lipinski definition) is 5. The molecule has 2 fully saturated rings. The van der Waals surface area contributed by atoms with E-state index in [-0.39, 0.29) is 0 Å². The predicted molar refractivity (Wildman–Crippen MR) is 87.0 cm³/mol. The van der Waals surface area contributed by atoms with Crippen LogP contribution in [0.1, 0.15) is 31.2 Å². The van der Waals surface area contributed by atoms with E-state index in [0.717, 1.165) is 37.4 Å². The topological polar surface area (TPSA) is 69.9 Å². The molecule has 0 radical (unpaired) electrons. The Labute approximate surface area is 138 Å². The van der Waals surface area contributed by atoms with Crippen LogP contribution in [0, 0.1) is 12.8 Å². The largest absolute Gasteiger partial charge is 0.360 e. The molecule has 8 heteroatoms. The third kappa shape index (κ3) is 3.93. The highest BCUT2D eigenvalue weighted by molar-refractivity contribution is 7.86. The van der Waals surface area contributed by atoms with Gasteiger partial charge in [0, 0.05) is 45.3 Å². The maximum Gasteiger partial charge on any atom is 0.282 e. The van der Waals surface area contributed by atoms with Gasteiger partial charge in [0.1, 0.15) is 0 Å². The molecule has 1 aromatic rings. The zero-order valence-electron chi connectivity index (χ0n) is 13.9. The highest BCUT2D eigenvalue weighted by atomic mass is 32.2. The van der Waals surface area contributed by atoms with Crippen LogP contribution in [0.5, 0.6) is 0 Å². The molecule has 1 aromatic heterocycles. The van der Waals surface area contributed by atoms with Gasteiger partial charge in [0.2, 0.25) is 0 Å². The lowest BCUT2D eigenvalue weighted by Crippen LogP contribution is -2.54. The first-order chi connectivity index (χ1) is 10.9. The van der Waals surface area contributed by atoms with Crippen molar-refractivity contribution in [3.63, 3.8) is 0 Å². The van der Waals surface area contributed by atoms with Crippen LogP contribution in [-0.4, -0.2) is 66.4 Å². The van der Waals surface area contributed by atoms with Crippen molar-refractivity contribution in [1.82, 2.24) is 18.7 Å². The Morgan fingerprint density at radius 1 is 1.22 bits per heavy atom. The van der Waals surface area contributed by atoms with E-state index in [1.165, 1.54) is 0 Å². The summed E-state index contributed by atoms with van der Waals surface area (Å²) in [6.07, 6.45) is 2.08. The first kappa shape index (κ1) is 16.9. The highest BCUT2D eigenvalue weighted by Gasteiger charge is 2.34.